The summed E-state index contributed by atoms with van der Waals surface area (Å²) in [5.74, 6) is 0.0240. The van der Waals surface area contributed by atoms with Gasteiger partial charge in [-0.2, -0.15) is 13.2 Å². The molecule has 0 aromatic carbocycles. The number of rotatable bonds is 4. The van der Waals surface area contributed by atoms with Gasteiger partial charge in [0.05, 0.1) is 11.8 Å². The lowest BCUT2D eigenvalue weighted by atomic mass is 9.90. The van der Waals surface area contributed by atoms with Gasteiger partial charge in [-0.1, -0.05) is 24.8 Å². The number of alkyl halides is 3. The fourth-order valence-corrected chi connectivity index (χ4v) is 4.12. The summed E-state index contributed by atoms with van der Waals surface area (Å²) in [6, 6.07) is 0. The number of aromatic nitrogens is 2. The minimum Gasteiger partial charge on any atom is -0.337 e. The van der Waals surface area contributed by atoms with Crippen molar-refractivity contribution in [3.63, 3.8) is 0 Å². The number of hydrogen-bond donors (Lipinski definition) is 0. The highest BCUT2D eigenvalue weighted by atomic mass is 19.4. The van der Waals surface area contributed by atoms with Crippen molar-refractivity contribution in [1.29, 1.82) is 0 Å². The number of amides is 1. The van der Waals surface area contributed by atoms with E-state index in [1.165, 1.54) is 24.7 Å². The second kappa shape index (κ2) is 7.66. The summed E-state index contributed by atoms with van der Waals surface area (Å²) in [6.07, 6.45) is 5.30. The van der Waals surface area contributed by atoms with Crippen LogP contribution in [0.15, 0.2) is 54.5 Å². The van der Waals surface area contributed by atoms with Crippen LogP contribution >= 0.6 is 0 Å². The highest BCUT2D eigenvalue weighted by Crippen LogP contribution is 2.47. The van der Waals surface area contributed by atoms with Crippen LogP contribution in [0.1, 0.15) is 30.3 Å². The van der Waals surface area contributed by atoms with E-state index < -0.39 is 11.7 Å². The topological polar surface area (TPSA) is 46.1 Å². The van der Waals surface area contributed by atoms with Crippen LogP contribution in [0.2, 0.25) is 0 Å². The largest absolute Gasteiger partial charge is 0.416 e. The zero-order valence-electron chi connectivity index (χ0n) is 15.1. The average molecular weight is 377 g/mol. The van der Waals surface area contributed by atoms with Gasteiger partial charge >= 0.3 is 6.18 Å². The predicted octanol–water partition coefficient (Wildman–Crippen LogP) is 4.20. The molecule has 7 heteroatoms. The second-order valence-electron chi connectivity index (χ2n) is 7.12. The van der Waals surface area contributed by atoms with Crippen molar-refractivity contribution in [3.05, 3.63) is 60.2 Å². The number of nitrogens with zero attached hydrogens (tertiary/aromatic N) is 3. The highest BCUT2D eigenvalue weighted by Gasteiger charge is 2.46. The fourth-order valence-electron chi connectivity index (χ4n) is 4.12. The van der Waals surface area contributed by atoms with Gasteiger partial charge < -0.3 is 4.90 Å². The van der Waals surface area contributed by atoms with Gasteiger partial charge in [0.2, 0.25) is 0 Å². The van der Waals surface area contributed by atoms with Crippen molar-refractivity contribution in [1.82, 2.24) is 14.9 Å². The summed E-state index contributed by atoms with van der Waals surface area (Å²) in [5.41, 5.74) is -0.202. The Kier molecular flexibility index (Phi) is 5.48. The van der Waals surface area contributed by atoms with Gasteiger partial charge in [0.1, 0.15) is 5.69 Å². The van der Waals surface area contributed by atoms with Crippen LogP contribution in [0.25, 0.3) is 0 Å². The van der Waals surface area contributed by atoms with Crippen LogP contribution in [-0.4, -0.2) is 40.0 Å². The van der Waals surface area contributed by atoms with E-state index in [0.29, 0.717) is 31.6 Å². The molecule has 1 aromatic heterocycles. The molecule has 1 saturated carbocycles. The summed E-state index contributed by atoms with van der Waals surface area (Å²) in [5, 5.41) is 0. The van der Waals surface area contributed by atoms with Crippen molar-refractivity contribution in [2.45, 2.75) is 25.9 Å². The molecule has 4 nitrogen and oxygen atoms in total. The van der Waals surface area contributed by atoms with Gasteiger partial charge in [0.15, 0.2) is 0 Å². The second-order valence-corrected chi connectivity index (χ2v) is 7.12. The fraction of sp³-hybridized carbons (Fsp3) is 0.450. The molecule has 2 heterocycles. The number of carbonyl (C=O) groups is 1. The van der Waals surface area contributed by atoms with Gasteiger partial charge in [-0.25, -0.2) is 4.98 Å². The Morgan fingerprint density at radius 1 is 1.26 bits per heavy atom. The Hall–Kier alpha value is -2.44. The van der Waals surface area contributed by atoms with Crippen molar-refractivity contribution >= 4 is 5.91 Å². The molecule has 1 aliphatic carbocycles. The minimum atomic E-state index is -4.41. The lowest BCUT2D eigenvalue weighted by Gasteiger charge is -2.22. The Morgan fingerprint density at radius 2 is 1.93 bits per heavy atom. The predicted molar refractivity (Wildman–Crippen MR) is 95.7 cm³/mol. The SMILES string of the molecule is C=C(/C(=C\C=C/C)C(F)(F)F)C1C[C@@H]2CN(C(=O)c3cnccn3)C[C@@H]2C1. The van der Waals surface area contributed by atoms with Gasteiger partial charge in [-0.3, -0.25) is 9.78 Å². The standard InChI is InChI=1S/C20H22F3N3O/c1-3-4-5-17(20(21,22)23)13(2)14-8-15-11-26(12-16(15)9-14)19(27)18-10-24-6-7-25-18/h3-7,10,14-16H,2,8-9,11-12H2,1H3/b4-3-,17-5+/t14?,15-,16+. The maximum Gasteiger partial charge on any atom is 0.416 e. The van der Waals surface area contributed by atoms with Crippen LogP contribution in [0.3, 0.4) is 0 Å². The quantitative estimate of drug-likeness (QED) is 0.739. The molecule has 1 aliphatic heterocycles. The summed E-state index contributed by atoms with van der Waals surface area (Å²) in [4.78, 5) is 22.2. The Labute approximate surface area is 156 Å². The van der Waals surface area contributed by atoms with Gasteiger partial charge in [0, 0.05) is 25.5 Å². The molecule has 0 radical (unpaired) electrons. The Bertz CT molecular complexity index is 756. The summed E-state index contributed by atoms with van der Waals surface area (Å²) in [7, 11) is 0. The third-order valence-corrected chi connectivity index (χ3v) is 5.42. The van der Waals surface area contributed by atoms with Gasteiger partial charge in [-0.05, 0) is 43.1 Å². The van der Waals surface area contributed by atoms with E-state index in [2.05, 4.69) is 16.5 Å². The van der Waals surface area contributed by atoms with Crippen LogP contribution in [-0.2, 0) is 0 Å². The maximum atomic E-state index is 13.4. The molecule has 1 unspecified atom stereocenters. The zero-order chi connectivity index (χ0) is 19.6. The van der Waals surface area contributed by atoms with Crippen LogP contribution in [0.4, 0.5) is 13.2 Å². The molecule has 3 atom stereocenters. The third-order valence-electron chi connectivity index (χ3n) is 5.42. The molecule has 27 heavy (non-hydrogen) atoms. The first kappa shape index (κ1) is 19.3. The number of carbonyl (C=O) groups excluding carboxylic acids is 1. The van der Waals surface area contributed by atoms with E-state index in [4.69, 9.17) is 0 Å². The number of halogens is 3. The molecule has 0 bridgehead atoms. The van der Waals surface area contributed by atoms with E-state index in [0.717, 1.165) is 6.08 Å². The van der Waals surface area contributed by atoms with E-state index in [1.807, 2.05) is 0 Å². The van der Waals surface area contributed by atoms with Crippen LogP contribution in [0.5, 0.6) is 0 Å². The highest BCUT2D eigenvalue weighted by molar-refractivity contribution is 5.92. The van der Waals surface area contributed by atoms with Gasteiger partial charge in [0.25, 0.3) is 5.91 Å². The molecular weight excluding hydrogens is 355 g/mol. The molecule has 2 aliphatic rings. The Balaban J connectivity index is 1.66. The number of fused-ring (bicyclic) bond motifs is 1. The molecule has 0 N–H and O–H groups in total. The third kappa shape index (κ3) is 4.12. The zero-order valence-corrected chi connectivity index (χ0v) is 15.1. The van der Waals surface area contributed by atoms with Gasteiger partial charge in [-0.15, -0.1) is 0 Å². The summed E-state index contributed by atoms with van der Waals surface area (Å²) in [6.45, 7) is 6.53. The van der Waals surface area contributed by atoms with Crippen LogP contribution < -0.4 is 0 Å². The number of hydrogen-bond acceptors (Lipinski definition) is 3. The van der Waals surface area contributed by atoms with Crippen molar-refractivity contribution in [2.75, 3.05) is 13.1 Å². The first-order chi connectivity index (χ1) is 12.8. The maximum absolute atomic E-state index is 13.4. The van der Waals surface area contributed by atoms with Crippen molar-refractivity contribution in [3.8, 4) is 0 Å². The van der Waals surface area contributed by atoms with E-state index in [-0.39, 0.29) is 29.2 Å². The molecule has 1 saturated heterocycles. The lowest BCUT2D eigenvalue weighted by Crippen LogP contribution is -2.31. The Morgan fingerprint density at radius 3 is 2.44 bits per heavy atom. The first-order valence-corrected chi connectivity index (χ1v) is 8.96. The molecule has 144 valence electrons. The molecule has 1 amide bonds. The smallest absolute Gasteiger partial charge is 0.337 e. The minimum absolute atomic E-state index is 0.154. The van der Waals surface area contributed by atoms with E-state index in [9.17, 15) is 18.0 Å². The molecule has 1 aromatic rings. The molecular formula is C20H22F3N3O. The monoisotopic (exact) mass is 377 g/mol. The normalized spacial score (nSPS) is 25.9. The number of allylic oxidation sites excluding steroid dienone is 5. The first-order valence-electron chi connectivity index (χ1n) is 8.96. The summed E-state index contributed by atoms with van der Waals surface area (Å²) < 4.78 is 40.1. The molecule has 2 fully saturated rings. The van der Waals surface area contributed by atoms with Crippen molar-refractivity contribution < 1.29 is 18.0 Å². The molecule has 3 rings (SSSR count). The van der Waals surface area contributed by atoms with E-state index >= 15 is 0 Å². The van der Waals surface area contributed by atoms with E-state index in [1.54, 1.807) is 17.9 Å². The van der Waals surface area contributed by atoms with Crippen LogP contribution in [0, 0.1) is 17.8 Å². The lowest BCUT2D eigenvalue weighted by molar-refractivity contribution is -0.0900. The van der Waals surface area contributed by atoms with Crippen molar-refractivity contribution in [2.24, 2.45) is 17.8 Å². The summed E-state index contributed by atoms with van der Waals surface area (Å²) >= 11 is 0. The average Bonchev–Trinajstić information content (AvgIpc) is 3.20. The number of likely N-dealkylation sites (tertiary alicyclic amines) is 1. The molecule has 0 spiro atoms.